The Hall–Kier alpha value is -4.22. The quantitative estimate of drug-likeness (QED) is 0.302. The van der Waals surface area contributed by atoms with Crippen LogP contribution in [0.2, 0.25) is 0 Å². The van der Waals surface area contributed by atoms with E-state index in [-0.39, 0.29) is 41.0 Å². The molecule has 0 spiro atoms. The second-order valence-corrected chi connectivity index (χ2v) is 8.45. The van der Waals surface area contributed by atoms with Crippen molar-refractivity contribution in [3.8, 4) is 5.69 Å². The summed E-state index contributed by atoms with van der Waals surface area (Å²) in [4.78, 5) is 21.7. The number of imidazole rings is 1. The molecule has 3 aromatic rings. The molecule has 37 heavy (non-hydrogen) atoms. The van der Waals surface area contributed by atoms with Gasteiger partial charge in [0.2, 0.25) is 5.91 Å². The van der Waals surface area contributed by atoms with Crippen LogP contribution >= 0.6 is 0 Å². The first-order valence-electron chi connectivity index (χ1n) is 11.2. The minimum Gasteiger partial charge on any atom is -0.303 e. The number of halogens is 5. The lowest BCUT2D eigenvalue weighted by Gasteiger charge is -2.25. The van der Waals surface area contributed by atoms with Gasteiger partial charge >= 0.3 is 6.18 Å². The molecule has 0 saturated carbocycles. The normalized spacial score (nSPS) is 16.7. The van der Waals surface area contributed by atoms with Crippen LogP contribution in [-0.2, 0) is 11.2 Å². The van der Waals surface area contributed by atoms with Gasteiger partial charge in [0.15, 0.2) is 5.70 Å². The average molecular weight is 517 g/mol. The van der Waals surface area contributed by atoms with Gasteiger partial charge in [-0.25, -0.2) is 13.8 Å². The van der Waals surface area contributed by atoms with Crippen molar-refractivity contribution in [2.75, 3.05) is 11.4 Å². The minimum absolute atomic E-state index is 0.0350. The Kier molecular flexibility index (Phi) is 7.28. The van der Waals surface area contributed by atoms with E-state index in [1.165, 1.54) is 47.6 Å². The SMILES string of the molecule is Cc1cn(-c2ccc(/C(=C/N=CC3CCc4c(F)cccc4N(CC(F)(F)F)C3=O)N=[NH2+])cc2F)cn1. The third-order valence-corrected chi connectivity index (χ3v) is 5.85. The minimum atomic E-state index is -4.69. The predicted molar refractivity (Wildman–Crippen MR) is 126 cm³/mol. The fourth-order valence-corrected chi connectivity index (χ4v) is 4.10. The van der Waals surface area contributed by atoms with Gasteiger partial charge in [-0.15, -0.1) is 0 Å². The van der Waals surface area contributed by atoms with E-state index in [1.807, 2.05) is 0 Å². The lowest BCUT2D eigenvalue weighted by molar-refractivity contribution is -0.209. The van der Waals surface area contributed by atoms with E-state index in [0.29, 0.717) is 10.6 Å². The van der Waals surface area contributed by atoms with Crippen LogP contribution in [0, 0.1) is 24.5 Å². The lowest BCUT2D eigenvalue weighted by Crippen LogP contribution is -2.42. The van der Waals surface area contributed by atoms with E-state index in [4.69, 9.17) is 5.53 Å². The number of nitrogens with two attached hydrogens (primary N) is 1. The molecule has 0 saturated heterocycles. The molecule has 0 aliphatic carbocycles. The average Bonchev–Trinajstić information content (AvgIpc) is 3.22. The van der Waals surface area contributed by atoms with E-state index in [9.17, 15) is 26.7 Å². The van der Waals surface area contributed by atoms with Crippen LogP contribution in [0.15, 0.2) is 65.2 Å². The number of alkyl halides is 3. The molecule has 192 valence electrons. The maximum atomic E-state index is 14.7. The van der Waals surface area contributed by atoms with Crippen molar-refractivity contribution in [3.63, 3.8) is 0 Å². The van der Waals surface area contributed by atoms with Crippen LogP contribution < -0.4 is 10.4 Å². The highest BCUT2D eigenvalue weighted by molar-refractivity contribution is 6.04. The van der Waals surface area contributed by atoms with Gasteiger partial charge in [0.05, 0.1) is 35.5 Å². The van der Waals surface area contributed by atoms with Crippen LogP contribution in [0.5, 0.6) is 0 Å². The number of carbonyl (C=O) groups is 1. The summed E-state index contributed by atoms with van der Waals surface area (Å²) in [5.41, 5.74) is 6.70. The summed E-state index contributed by atoms with van der Waals surface area (Å²) in [6, 6.07) is 7.95. The smallest absolute Gasteiger partial charge is 0.303 e. The third kappa shape index (κ3) is 5.79. The maximum absolute atomic E-state index is 14.7. The fourth-order valence-electron chi connectivity index (χ4n) is 4.10. The summed E-state index contributed by atoms with van der Waals surface area (Å²) in [5.74, 6) is -3.19. The molecule has 2 N–H and O–H groups in total. The number of rotatable bonds is 6. The monoisotopic (exact) mass is 517 g/mol. The highest BCUT2D eigenvalue weighted by Crippen LogP contribution is 2.33. The molecular weight excluding hydrogens is 495 g/mol. The zero-order valence-corrected chi connectivity index (χ0v) is 19.6. The predicted octanol–water partition coefficient (Wildman–Crippen LogP) is 4.20. The first-order valence-corrected chi connectivity index (χ1v) is 11.2. The van der Waals surface area contributed by atoms with Crippen molar-refractivity contribution in [2.24, 2.45) is 16.0 Å². The van der Waals surface area contributed by atoms with Crippen molar-refractivity contribution in [1.29, 1.82) is 0 Å². The second-order valence-electron chi connectivity index (χ2n) is 8.45. The molecule has 1 aromatic heterocycles. The molecule has 1 atom stereocenters. The molecule has 2 heterocycles. The molecule has 1 unspecified atom stereocenters. The molecule has 1 aliphatic rings. The molecule has 1 amide bonds. The van der Waals surface area contributed by atoms with E-state index in [2.05, 4.69) is 15.1 Å². The second kappa shape index (κ2) is 10.4. The van der Waals surface area contributed by atoms with Gasteiger partial charge in [0.1, 0.15) is 18.2 Å². The van der Waals surface area contributed by atoms with E-state index < -0.39 is 36.2 Å². The number of benzene rings is 2. The van der Waals surface area contributed by atoms with Crippen molar-refractivity contribution in [1.82, 2.24) is 9.55 Å². The van der Waals surface area contributed by atoms with Crippen LogP contribution in [-0.4, -0.2) is 34.4 Å². The van der Waals surface area contributed by atoms with E-state index in [1.54, 1.807) is 19.2 Å². The van der Waals surface area contributed by atoms with Crippen molar-refractivity contribution in [3.05, 3.63) is 83.6 Å². The number of aryl methyl sites for hydroxylation is 1. The van der Waals surface area contributed by atoms with Crippen LogP contribution in [0.4, 0.5) is 27.6 Å². The summed E-state index contributed by atoms with van der Waals surface area (Å²) in [7, 11) is 0. The molecule has 0 bridgehead atoms. The zero-order chi connectivity index (χ0) is 26.7. The topological polar surface area (TPSA) is 88.4 Å². The van der Waals surface area contributed by atoms with Crippen LogP contribution in [0.3, 0.4) is 0 Å². The molecule has 7 nitrogen and oxygen atoms in total. The Labute approximate surface area is 208 Å². The van der Waals surface area contributed by atoms with Crippen molar-refractivity contribution in [2.45, 2.75) is 25.9 Å². The zero-order valence-electron chi connectivity index (χ0n) is 19.6. The Morgan fingerprint density at radius 2 is 1.97 bits per heavy atom. The number of amides is 1. The van der Waals surface area contributed by atoms with Crippen molar-refractivity contribution < 1.29 is 32.3 Å². The largest absolute Gasteiger partial charge is 0.406 e. The summed E-state index contributed by atoms with van der Waals surface area (Å²) in [5, 5.41) is 3.60. The maximum Gasteiger partial charge on any atom is 0.406 e. The Balaban J connectivity index is 1.59. The standard InChI is InChI=1S/C25H21F5N6O/c1-15-12-35(14-33-15)23-8-6-16(9-20(23)27)21(34-31)11-32-10-17-5-7-18-19(26)3-2-4-22(18)36(24(17)37)13-25(28,29)30/h2-4,6,8-12,14,17,31H,5,7,13H2,1H3/p+1/b21-11-,32-10?,34-31?. The van der Waals surface area contributed by atoms with Gasteiger partial charge in [0.25, 0.3) is 0 Å². The van der Waals surface area contributed by atoms with Gasteiger partial charge in [-0.1, -0.05) is 12.1 Å². The van der Waals surface area contributed by atoms with E-state index in [0.717, 1.165) is 6.07 Å². The molecule has 12 heteroatoms. The number of aliphatic imine (C=N–C) groups is 1. The number of anilines is 1. The third-order valence-electron chi connectivity index (χ3n) is 5.85. The van der Waals surface area contributed by atoms with Crippen molar-refractivity contribution >= 4 is 23.5 Å². The summed E-state index contributed by atoms with van der Waals surface area (Å²) >= 11 is 0. The highest BCUT2D eigenvalue weighted by atomic mass is 19.4. The summed E-state index contributed by atoms with van der Waals surface area (Å²) < 4.78 is 70.3. The number of fused-ring (bicyclic) bond motifs is 1. The van der Waals surface area contributed by atoms with E-state index >= 15 is 0 Å². The summed E-state index contributed by atoms with van der Waals surface area (Å²) in [6.45, 7) is 0.208. The van der Waals surface area contributed by atoms with Gasteiger partial charge < -0.3 is 9.47 Å². The first kappa shape index (κ1) is 25.9. The molecule has 1 aliphatic heterocycles. The number of hydrogen-bond acceptors (Lipinski definition) is 4. The first-order chi connectivity index (χ1) is 17.6. The molecule has 0 fully saturated rings. The molecule has 2 aromatic carbocycles. The fraction of sp³-hybridized carbons (Fsp3) is 0.240. The van der Waals surface area contributed by atoms with Gasteiger partial charge in [-0.05, 0) is 49.1 Å². The molecule has 4 rings (SSSR count). The van der Waals surface area contributed by atoms with Gasteiger partial charge in [-0.3, -0.25) is 9.79 Å². The highest BCUT2D eigenvalue weighted by Gasteiger charge is 2.38. The summed E-state index contributed by atoms with van der Waals surface area (Å²) in [6.07, 6.45) is 0.857. The Morgan fingerprint density at radius 3 is 2.62 bits per heavy atom. The number of carbonyl (C=O) groups excluding carboxylic acids is 1. The van der Waals surface area contributed by atoms with Crippen LogP contribution in [0.25, 0.3) is 11.4 Å². The Bertz CT molecular complexity index is 1390. The number of aromatic nitrogens is 2. The lowest BCUT2D eigenvalue weighted by atomic mass is 10.0. The number of hydrogen-bond donors (Lipinski definition) is 1. The van der Waals surface area contributed by atoms with Gasteiger partial charge in [0, 0.05) is 23.5 Å². The van der Waals surface area contributed by atoms with Gasteiger partial charge in [-0.2, -0.15) is 18.7 Å². The molecular formula is C25H22F5N6O+. The molecule has 0 radical (unpaired) electrons. The van der Waals surface area contributed by atoms with Crippen LogP contribution in [0.1, 0.15) is 23.2 Å². The number of nitrogens with zero attached hydrogens (tertiary/aromatic N) is 5. The Morgan fingerprint density at radius 1 is 1.19 bits per heavy atom.